The van der Waals surface area contributed by atoms with Gasteiger partial charge in [0.1, 0.15) is 0 Å². The van der Waals surface area contributed by atoms with E-state index in [1.165, 1.54) is 19.3 Å². The van der Waals surface area contributed by atoms with Crippen LogP contribution in [0.1, 0.15) is 81.5 Å². The van der Waals surface area contributed by atoms with Crippen molar-refractivity contribution in [1.29, 1.82) is 0 Å². The molecular formula is C20H30N2O2. The average molecular weight is 330 g/mol. The minimum Gasteiger partial charge on any atom is -0.349 e. The number of para-hydroxylation sites is 1. The molecule has 1 aliphatic rings. The predicted molar refractivity (Wildman–Crippen MR) is 98.2 cm³/mol. The number of nitrogens with one attached hydrogen (secondary N) is 2. The first kappa shape index (κ1) is 18.5. The first-order valence-corrected chi connectivity index (χ1v) is 9.40. The van der Waals surface area contributed by atoms with Crippen LogP contribution in [0.3, 0.4) is 0 Å². The Morgan fingerprint density at radius 2 is 1.79 bits per heavy atom. The number of rotatable bonds is 8. The fourth-order valence-electron chi connectivity index (χ4n) is 3.23. The molecule has 1 aromatic rings. The normalized spacial score (nSPS) is 15.0. The Labute approximate surface area is 145 Å². The summed E-state index contributed by atoms with van der Waals surface area (Å²) in [6.45, 7) is 2.15. The monoisotopic (exact) mass is 330 g/mol. The third kappa shape index (κ3) is 5.99. The largest absolute Gasteiger partial charge is 0.349 e. The Morgan fingerprint density at radius 3 is 2.54 bits per heavy atom. The van der Waals surface area contributed by atoms with Gasteiger partial charge in [-0.05, 0) is 31.4 Å². The van der Waals surface area contributed by atoms with Gasteiger partial charge < -0.3 is 10.6 Å². The van der Waals surface area contributed by atoms with E-state index < -0.39 is 0 Å². The van der Waals surface area contributed by atoms with E-state index in [0.29, 0.717) is 17.7 Å². The summed E-state index contributed by atoms with van der Waals surface area (Å²) in [4.78, 5) is 24.6. The summed E-state index contributed by atoms with van der Waals surface area (Å²) in [6.07, 6.45) is 10.5. The Hall–Kier alpha value is -1.84. The smallest absolute Gasteiger partial charge is 0.253 e. The zero-order valence-electron chi connectivity index (χ0n) is 14.8. The molecule has 2 amide bonds. The van der Waals surface area contributed by atoms with Crippen LogP contribution in [0, 0.1) is 0 Å². The number of benzene rings is 1. The molecule has 0 atom stereocenters. The Morgan fingerprint density at radius 1 is 1.04 bits per heavy atom. The van der Waals surface area contributed by atoms with Crippen LogP contribution in [0.25, 0.3) is 0 Å². The van der Waals surface area contributed by atoms with Gasteiger partial charge in [0.15, 0.2) is 0 Å². The van der Waals surface area contributed by atoms with Crippen molar-refractivity contribution >= 4 is 17.5 Å². The summed E-state index contributed by atoms with van der Waals surface area (Å²) >= 11 is 0. The van der Waals surface area contributed by atoms with Gasteiger partial charge in [0, 0.05) is 12.5 Å². The molecule has 0 saturated heterocycles. The predicted octanol–water partition coefficient (Wildman–Crippen LogP) is 4.66. The number of hydrogen-bond acceptors (Lipinski definition) is 2. The number of hydrogen-bond donors (Lipinski definition) is 2. The quantitative estimate of drug-likeness (QED) is 0.681. The zero-order valence-corrected chi connectivity index (χ0v) is 14.8. The molecule has 1 aliphatic carbocycles. The molecule has 0 heterocycles. The van der Waals surface area contributed by atoms with Gasteiger partial charge in [0.05, 0.1) is 11.3 Å². The first-order valence-electron chi connectivity index (χ1n) is 9.40. The molecule has 4 nitrogen and oxygen atoms in total. The maximum absolute atomic E-state index is 12.6. The highest BCUT2D eigenvalue weighted by molar-refractivity contribution is 6.03. The van der Waals surface area contributed by atoms with Crippen LogP contribution in [0.15, 0.2) is 24.3 Å². The fraction of sp³-hybridized carbons (Fsp3) is 0.600. The van der Waals surface area contributed by atoms with E-state index in [1.807, 2.05) is 12.1 Å². The van der Waals surface area contributed by atoms with Crippen molar-refractivity contribution in [2.24, 2.45) is 0 Å². The van der Waals surface area contributed by atoms with E-state index in [9.17, 15) is 9.59 Å². The van der Waals surface area contributed by atoms with Crippen LogP contribution in [-0.2, 0) is 4.79 Å². The van der Waals surface area contributed by atoms with Crippen LogP contribution < -0.4 is 10.6 Å². The Balaban J connectivity index is 1.91. The maximum Gasteiger partial charge on any atom is 0.253 e. The van der Waals surface area contributed by atoms with E-state index in [0.717, 1.165) is 38.5 Å². The molecule has 1 aromatic carbocycles. The summed E-state index contributed by atoms with van der Waals surface area (Å²) in [7, 11) is 0. The molecule has 132 valence electrons. The second kappa shape index (κ2) is 10.1. The summed E-state index contributed by atoms with van der Waals surface area (Å²) in [5.74, 6) is -0.0900. The summed E-state index contributed by atoms with van der Waals surface area (Å²) in [6, 6.07) is 7.55. The number of unbranched alkanes of at least 4 members (excludes halogenated alkanes) is 3. The van der Waals surface area contributed by atoms with Crippen molar-refractivity contribution in [3.8, 4) is 0 Å². The molecule has 24 heavy (non-hydrogen) atoms. The number of carbonyl (C=O) groups excluding carboxylic acids is 2. The van der Waals surface area contributed by atoms with Crippen molar-refractivity contribution in [3.63, 3.8) is 0 Å². The molecule has 0 spiro atoms. The Kier molecular flexibility index (Phi) is 7.80. The molecule has 2 N–H and O–H groups in total. The van der Waals surface area contributed by atoms with Gasteiger partial charge in [-0.3, -0.25) is 9.59 Å². The van der Waals surface area contributed by atoms with Crippen molar-refractivity contribution < 1.29 is 9.59 Å². The minimum atomic E-state index is -0.0798. The highest BCUT2D eigenvalue weighted by Gasteiger charge is 2.19. The van der Waals surface area contributed by atoms with Gasteiger partial charge in [-0.25, -0.2) is 0 Å². The Bertz CT molecular complexity index is 536. The second-order valence-electron chi connectivity index (χ2n) is 6.71. The maximum atomic E-state index is 12.6. The van der Waals surface area contributed by atoms with Gasteiger partial charge in [0.25, 0.3) is 5.91 Å². The SMILES string of the molecule is CCCCCCC(=O)Nc1ccccc1C(=O)NC1CCCCC1. The molecule has 1 saturated carbocycles. The second-order valence-corrected chi connectivity index (χ2v) is 6.71. The lowest BCUT2D eigenvalue weighted by molar-refractivity contribution is -0.116. The average Bonchev–Trinajstić information content (AvgIpc) is 2.60. The highest BCUT2D eigenvalue weighted by Crippen LogP contribution is 2.20. The molecule has 0 unspecified atom stereocenters. The van der Waals surface area contributed by atoms with E-state index in [2.05, 4.69) is 17.6 Å². The molecule has 0 radical (unpaired) electrons. The minimum absolute atomic E-state index is 0.0102. The lowest BCUT2D eigenvalue weighted by atomic mass is 9.95. The molecule has 2 rings (SSSR count). The lowest BCUT2D eigenvalue weighted by Crippen LogP contribution is -2.36. The number of amides is 2. The number of carbonyl (C=O) groups is 2. The van der Waals surface area contributed by atoms with Gasteiger partial charge >= 0.3 is 0 Å². The number of anilines is 1. The van der Waals surface area contributed by atoms with Gasteiger partial charge in [-0.1, -0.05) is 57.6 Å². The standard InChI is InChI=1S/C20H30N2O2/c1-2-3-4-8-15-19(23)22-18-14-10-9-13-17(18)20(24)21-16-11-6-5-7-12-16/h9-10,13-14,16H,2-8,11-12,15H2,1H3,(H,21,24)(H,22,23). The van der Waals surface area contributed by atoms with Crippen LogP contribution in [0.5, 0.6) is 0 Å². The van der Waals surface area contributed by atoms with E-state index in [-0.39, 0.29) is 17.9 Å². The van der Waals surface area contributed by atoms with Crippen LogP contribution >= 0.6 is 0 Å². The van der Waals surface area contributed by atoms with Crippen molar-refractivity contribution in [2.75, 3.05) is 5.32 Å². The van der Waals surface area contributed by atoms with E-state index in [4.69, 9.17) is 0 Å². The molecule has 0 aliphatic heterocycles. The van der Waals surface area contributed by atoms with E-state index in [1.54, 1.807) is 12.1 Å². The summed E-state index contributed by atoms with van der Waals surface area (Å²) in [5.41, 5.74) is 1.18. The van der Waals surface area contributed by atoms with Crippen molar-refractivity contribution in [1.82, 2.24) is 5.32 Å². The summed E-state index contributed by atoms with van der Waals surface area (Å²) in [5, 5.41) is 6.02. The summed E-state index contributed by atoms with van der Waals surface area (Å²) < 4.78 is 0. The highest BCUT2D eigenvalue weighted by atomic mass is 16.2. The topological polar surface area (TPSA) is 58.2 Å². The third-order valence-corrected chi connectivity index (χ3v) is 4.64. The van der Waals surface area contributed by atoms with Crippen LogP contribution in [0.2, 0.25) is 0 Å². The van der Waals surface area contributed by atoms with Gasteiger partial charge in [-0.2, -0.15) is 0 Å². The molecular weight excluding hydrogens is 300 g/mol. The fourth-order valence-corrected chi connectivity index (χ4v) is 3.23. The zero-order chi connectivity index (χ0) is 17.2. The van der Waals surface area contributed by atoms with Crippen LogP contribution in [-0.4, -0.2) is 17.9 Å². The first-order chi connectivity index (χ1) is 11.7. The van der Waals surface area contributed by atoms with Crippen molar-refractivity contribution in [3.05, 3.63) is 29.8 Å². The van der Waals surface area contributed by atoms with Crippen LogP contribution in [0.4, 0.5) is 5.69 Å². The molecule has 1 fully saturated rings. The molecule has 4 heteroatoms. The van der Waals surface area contributed by atoms with E-state index >= 15 is 0 Å². The lowest BCUT2D eigenvalue weighted by Gasteiger charge is -2.23. The molecule has 0 aromatic heterocycles. The molecule has 0 bridgehead atoms. The van der Waals surface area contributed by atoms with Crippen molar-refractivity contribution in [2.45, 2.75) is 77.2 Å². The third-order valence-electron chi connectivity index (χ3n) is 4.64. The van der Waals surface area contributed by atoms with Gasteiger partial charge in [-0.15, -0.1) is 0 Å². The van der Waals surface area contributed by atoms with Gasteiger partial charge in [0.2, 0.25) is 5.91 Å².